The number of carboxylic acid groups (broad SMARTS) is 1. The molecular weight excluding hydrogens is 256 g/mol. The number of piperidine rings is 1. The number of hydrogen-bond acceptors (Lipinski definition) is 2. The van der Waals surface area contributed by atoms with Crippen LogP contribution >= 0.6 is 0 Å². The number of carbonyl (C=O) groups excluding carboxylic acids is 1. The molecule has 20 heavy (non-hydrogen) atoms. The second-order valence-electron chi connectivity index (χ2n) is 5.41. The van der Waals surface area contributed by atoms with Crippen LogP contribution in [0.1, 0.15) is 43.6 Å². The SMILES string of the molecule is CCn1cccc1C(=O)N1CCC(CC)(C(=O)O)CC1. The van der Waals surface area contributed by atoms with Gasteiger partial charge in [-0.3, -0.25) is 9.59 Å². The molecule has 1 aliphatic rings. The minimum atomic E-state index is -0.732. The lowest BCUT2D eigenvalue weighted by Crippen LogP contribution is -2.46. The fraction of sp³-hybridized carbons (Fsp3) is 0.600. The Hall–Kier alpha value is -1.78. The molecule has 1 N–H and O–H groups in total. The van der Waals surface area contributed by atoms with Gasteiger partial charge in [0.1, 0.15) is 5.69 Å². The summed E-state index contributed by atoms with van der Waals surface area (Å²) >= 11 is 0. The molecule has 1 saturated heterocycles. The van der Waals surface area contributed by atoms with E-state index < -0.39 is 11.4 Å². The molecule has 110 valence electrons. The van der Waals surface area contributed by atoms with Crippen molar-refractivity contribution >= 4 is 11.9 Å². The first-order chi connectivity index (χ1) is 9.54. The Labute approximate surface area is 119 Å². The molecule has 1 amide bonds. The summed E-state index contributed by atoms with van der Waals surface area (Å²) in [4.78, 5) is 25.6. The van der Waals surface area contributed by atoms with E-state index in [1.165, 1.54) is 0 Å². The number of likely N-dealkylation sites (tertiary alicyclic amines) is 1. The predicted molar refractivity (Wildman–Crippen MR) is 75.6 cm³/mol. The van der Waals surface area contributed by atoms with Gasteiger partial charge in [0.25, 0.3) is 5.91 Å². The third-order valence-electron chi connectivity index (χ3n) is 4.53. The van der Waals surface area contributed by atoms with Crippen molar-refractivity contribution in [1.29, 1.82) is 0 Å². The summed E-state index contributed by atoms with van der Waals surface area (Å²) in [7, 11) is 0. The number of rotatable bonds is 4. The van der Waals surface area contributed by atoms with Crippen molar-refractivity contribution in [1.82, 2.24) is 9.47 Å². The van der Waals surface area contributed by atoms with Gasteiger partial charge in [0.05, 0.1) is 5.41 Å². The van der Waals surface area contributed by atoms with Gasteiger partial charge in [-0.1, -0.05) is 6.92 Å². The summed E-state index contributed by atoms with van der Waals surface area (Å²) in [5.74, 6) is -0.726. The molecule has 1 aromatic heterocycles. The molecular formula is C15H22N2O3. The minimum absolute atomic E-state index is 0.00643. The number of amides is 1. The predicted octanol–water partition coefficient (Wildman–Crippen LogP) is 2.22. The molecule has 0 spiro atoms. The summed E-state index contributed by atoms with van der Waals surface area (Å²) < 4.78 is 1.92. The summed E-state index contributed by atoms with van der Waals surface area (Å²) in [6.07, 6.45) is 3.59. The standard InChI is InChI=1S/C15H22N2O3/c1-3-15(14(19)20)7-10-17(11-8-15)13(18)12-6-5-9-16(12)4-2/h5-6,9H,3-4,7-8,10-11H2,1-2H3,(H,19,20). The Morgan fingerprint density at radius 2 is 1.95 bits per heavy atom. The Morgan fingerprint density at radius 1 is 1.30 bits per heavy atom. The maximum Gasteiger partial charge on any atom is 0.309 e. The van der Waals surface area contributed by atoms with Crippen LogP contribution < -0.4 is 0 Å². The molecule has 0 atom stereocenters. The van der Waals surface area contributed by atoms with Gasteiger partial charge in [-0.05, 0) is 38.3 Å². The van der Waals surface area contributed by atoms with Crippen molar-refractivity contribution < 1.29 is 14.7 Å². The van der Waals surface area contributed by atoms with Gasteiger partial charge in [0.15, 0.2) is 0 Å². The first kappa shape index (κ1) is 14.6. The molecule has 5 nitrogen and oxygen atoms in total. The van der Waals surface area contributed by atoms with Crippen LogP contribution in [0.5, 0.6) is 0 Å². The highest BCUT2D eigenvalue weighted by atomic mass is 16.4. The molecule has 0 aromatic carbocycles. The van der Waals surface area contributed by atoms with Gasteiger partial charge < -0.3 is 14.6 Å². The van der Waals surface area contributed by atoms with Crippen molar-refractivity contribution in [3.8, 4) is 0 Å². The van der Waals surface area contributed by atoms with E-state index >= 15 is 0 Å². The smallest absolute Gasteiger partial charge is 0.309 e. The van der Waals surface area contributed by atoms with Crippen molar-refractivity contribution in [2.75, 3.05) is 13.1 Å². The number of aromatic nitrogens is 1. The number of nitrogens with zero attached hydrogens (tertiary/aromatic N) is 2. The molecule has 2 heterocycles. The van der Waals surface area contributed by atoms with Crippen LogP contribution in [-0.2, 0) is 11.3 Å². The summed E-state index contributed by atoms with van der Waals surface area (Å²) in [6.45, 7) is 5.71. The van der Waals surface area contributed by atoms with E-state index in [9.17, 15) is 14.7 Å². The van der Waals surface area contributed by atoms with E-state index in [1.807, 2.05) is 36.7 Å². The van der Waals surface area contributed by atoms with E-state index in [0.717, 1.165) is 6.54 Å². The van der Waals surface area contributed by atoms with E-state index in [0.29, 0.717) is 38.0 Å². The average Bonchev–Trinajstić information content (AvgIpc) is 2.94. The molecule has 0 radical (unpaired) electrons. The Kier molecular flexibility index (Phi) is 4.16. The fourth-order valence-electron chi connectivity index (χ4n) is 2.90. The molecule has 1 aliphatic heterocycles. The second-order valence-corrected chi connectivity index (χ2v) is 5.41. The number of carboxylic acids is 1. The first-order valence-electron chi connectivity index (χ1n) is 7.22. The van der Waals surface area contributed by atoms with Crippen LogP contribution in [0.3, 0.4) is 0 Å². The van der Waals surface area contributed by atoms with Crippen LogP contribution in [0, 0.1) is 5.41 Å². The number of aliphatic carboxylic acids is 1. The lowest BCUT2D eigenvalue weighted by molar-refractivity contribution is -0.152. The van der Waals surface area contributed by atoms with Gasteiger partial charge in [0.2, 0.25) is 0 Å². The maximum atomic E-state index is 12.5. The quantitative estimate of drug-likeness (QED) is 0.918. The van der Waals surface area contributed by atoms with E-state index in [4.69, 9.17) is 0 Å². The Morgan fingerprint density at radius 3 is 2.45 bits per heavy atom. The highest BCUT2D eigenvalue weighted by molar-refractivity contribution is 5.93. The van der Waals surface area contributed by atoms with Crippen molar-refractivity contribution in [2.45, 2.75) is 39.7 Å². The second kappa shape index (κ2) is 5.69. The summed E-state index contributed by atoms with van der Waals surface area (Å²) in [5, 5.41) is 9.37. The third-order valence-corrected chi connectivity index (χ3v) is 4.53. The minimum Gasteiger partial charge on any atom is -0.481 e. The Bertz CT molecular complexity index is 499. The van der Waals surface area contributed by atoms with Crippen molar-refractivity contribution in [2.24, 2.45) is 5.41 Å². The molecule has 0 unspecified atom stereocenters. The lowest BCUT2D eigenvalue weighted by Gasteiger charge is -2.38. The molecule has 1 aromatic rings. The van der Waals surface area contributed by atoms with Crippen LogP contribution in [0.4, 0.5) is 0 Å². The van der Waals surface area contributed by atoms with Gasteiger partial charge >= 0.3 is 5.97 Å². The zero-order valence-corrected chi connectivity index (χ0v) is 12.1. The third kappa shape index (κ3) is 2.44. The highest BCUT2D eigenvalue weighted by Crippen LogP contribution is 2.35. The number of carbonyl (C=O) groups is 2. The van der Waals surface area contributed by atoms with Crippen LogP contribution in [0.25, 0.3) is 0 Å². The molecule has 0 bridgehead atoms. The molecule has 2 rings (SSSR count). The van der Waals surface area contributed by atoms with E-state index in [2.05, 4.69) is 0 Å². The van der Waals surface area contributed by atoms with Crippen LogP contribution in [-0.4, -0.2) is 39.5 Å². The normalized spacial score (nSPS) is 18.0. The number of aryl methyl sites for hydroxylation is 1. The maximum absolute atomic E-state index is 12.5. The first-order valence-corrected chi connectivity index (χ1v) is 7.22. The molecule has 0 aliphatic carbocycles. The number of hydrogen-bond donors (Lipinski definition) is 1. The van der Waals surface area contributed by atoms with Crippen molar-refractivity contribution in [3.63, 3.8) is 0 Å². The monoisotopic (exact) mass is 278 g/mol. The van der Waals surface area contributed by atoms with Gasteiger partial charge in [0, 0.05) is 25.8 Å². The van der Waals surface area contributed by atoms with Gasteiger partial charge in [-0.15, -0.1) is 0 Å². The van der Waals surface area contributed by atoms with Crippen LogP contribution in [0.15, 0.2) is 18.3 Å². The Balaban J connectivity index is 2.07. The van der Waals surface area contributed by atoms with Gasteiger partial charge in [-0.25, -0.2) is 0 Å². The van der Waals surface area contributed by atoms with Gasteiger partial charge in [-0.2, -0.15) is 0 Å². The topological polar surface area (TPSA) is 62.5 Å². The molecule has 5 heteroatoms. The average molecular weight is 278 g/mol. The zero-order chi connectivity index (χ0) is 14.8. The van der Waals surface area contributed by atoms with Crippen molar-refractivity contribution in [3.05, 3.63) is 24.0 Å². The van der Waals surface area contributed by atoms with E-state index in [1.54, 1.807) is 4.90 Å². The highest BCUT2D eigenvalue weighted by Gasteiger charge is 2.41. The molecule has 1 fully saturated rings. The zero-order valence-electron chi connectivity index (χ0n) is 12.1. The fourth-order valence-corrected chi connectivity index (χ4v) is 2.90. The van der Waals surface area contributed by atoms with Crippen LogP contribution in [0.2, 0.25) is 0 Å². The summed E-state index contributed by atoms with van der Waals surface area (Å²) in [5.41, 5.74) is 0.0376. The summed E-state index contributed by atoms with van der Waals surface area (Å²) in [6, 6.07) is 3.69. The lowest BCUT2D eigenvalue weighted by atomic mass is 9.76. The largest absolute Gasteiger partial charge is 0.481 e. The van der Waals surface area contributed by atoms with E-state index in [-0.39, 0.29) is 5.91 Å². The molecule has 0 saturated carbocycles.